The molecule has 1 aromatic heterocycles. The van der Waals surface area contributed by atoms with E-state index in [1.165, 1.54) is 11.1 Å². The maximum atomic E-state index is 5.36. The highest BCUT2D eigenvalue weighted by molar-refractivity contribution is 9.10. The molecular weight excluding hydrogens is 376 g/mol. The van der Waals surface area contributed by atoms with Crippen molar-refractivity contribution in [1.82, 2.24) is 9.97 Å². The van der Waals surface area contributed by atoms with Gasteiger partial charge in [0.25, 0.3) is 0 Å². The number of nitrogens with zero attached hydrogens (tertiary/aromatic N) is 1. The van der Waals surface area contributed by atoms with Crippen LogP contribution in [0, 0.1) is 0 Å². The van der Waals surface area contributed by atoms with Gasteiger partial charge in [-0.15, -0.1) is 0 Å². The first-order chi connectivity index (χ1) is 12.3. The number of hydrogen-bond acceptors (Lipinski definition) is 2. The summed E-state index contributed by atoms with van der Waals surface area (Å²) in [5.74, 6) is 1.76. The molecule has 25 heavy (non-hydrogen) atoms. The Labute approximate surface area is 154 Å². The molecule has 0 saturated carbocycles. The number of halogens is 1. The van der Waals surface area contributed by atoms with Crippen molar-refractivity contribution in [2.24, 2.45) is 0 Å². The molecule has 0 atom stereocenters. The van der Waals surface area contributed by atoms with Crippen LogP contribution in [0.3, 0.4) is 0 Å². The zero-order valence-electron chi connectivity index (χ0n) is 13.7. The van der Waals surface area contributed by atoms with Crippen LogP contribution in [0.2, 0.25) is 0 Å². The maximum Gasteiger partial charge on any atom is 0.122 e. The fourth-order valence-corrected chi connectivity index (χ4v) is 3.65. The highest BCUT2D eigenvalue weighted by Gasteiger charge is 2.21. The average Bonchev–Trinajstić information content (AvgIpc) is 3.08. The van der Waals surface area contributed by atoms with Crippen LogP contribution >= 0.6 is 15.9 Å². The summed E-state index contributed by atoms with van der Waals surface area (Å²) in [6, 6.07) is 24.8. The Morgan fingerprint density at radius 2 is 1.52 bits per heavy atom. The normalized spacial score (nSPS) is 11.2. The van der Waals surface area contributed by atoms with Crippen LogP contribution in [0.25, 0.3) is 11.0 Å². The van der Waals surface area contributed by atoms with E-state index in [-0.39, 0.29) is 5.92 Å². The number of hydrogen-bond donors (Lipinski definition) is 1. The SMILES string of the molecule is COc1cc(Br)c2nc(C(c3ccccc3)c3ccccc3)[nH]c2c1. The van der Waals surface area contributed by atoms with Gasteiger partial charge in [0.1, 0.15) is 17.1 Å². The second kappa shape index (κ2) is 6.73. The zero-order valence-corrected chi connectivity index (χ0v) is 15.3. The Kier molecular flexibility index (Phi) is 4.28. The van der Waals surface area contributed by atoms with Gasteiger partial charge in [-0.3, -0.25) is 0 Å². The van der Waals surface area contributed by atoms with Gasteiger partial charge in [-0.2, -0.15) is 0 Å². The molecule has 124 valence electrons. The third-order valence-corrected chi connectivity index (χ3v) is 4.91. The number of benzene rings is 3. The standard InChI is InChI=1S/C21H17BrN2O/c1-25-16-12-17(22)20-18(13-16)23-21(24-20)19(14-8-4-2-5-9-14)15-10-6-3-7-11-15/h2-13,19H,1H3,(H,23,24). The van der Waals surface area contributed by atoms with E-state index in [0.717, 1.165) is 27.1 Å². The van der Waals surface area contributed by atoms with Gasteiger partial charge in [-0.05, 0) is 33.1 Å². The van der Waals surface area contributed by atoms with Gasteiger partial charge in [0.15, 0.2) is 0 Å². The molecule has 0 aliphatic rings. The molecule has 0 aliphatic heterocycles. The van der Waals surface area contributed by atoms with Crippen molar-refractivity contribution in [3.63, 3.8) is 0 Å². The first kappa shape index (κ1) is 15.9. The van der Waals surface area contributed by atoms with Crippen LogP contribution in [-0.2, 0) is 0 Å². The molecule has 0 bridgehead atoms. The van der Waals surface area contributed by atoms with E-state index >= 15 is 0 Å². The van der Waals surface area contributed by atoms with Crippen molar-refractivity contribution in [3.05, 3.63) is 94.2 Å². The molecule has 0 unspecified atom stereocenters. The Hall–Kier alpha value is -2.59. The molecule has 0 amide bonds. The Bertz CT molecular complexity index is 957. The summed E-state index contributed by atoms with van der Waals surface area (Å²) in [5.41, 5.74) is 4.28. The molecule has 3 nitrogen and oxygen atoms in total. The monoisotopic (exact) mass is 392 g/mol. The number of imidazole rings is 1. The molecule has 4 aromatic rings. The second-order valence-corrected chi connectivity index (χ2v) is 6.74. The first-order valence-electron chi connectivity index (χ1n) is 8.09. The summed E-state index contributed by atoms with van der Waals surface area (Å²) in [5, 5.41) is 0. The zero-order chi connectivity index (χ0) is 17.2. The van der Waals surface area contributed by atoms with Gasteiger partial charge in [0.2, 0.25) is 0 Å². The smallest absolute Gasteiger partial charge is 0.122 e. The predicted molar refractivity (Wildman–Crippen MR) is 104 cm³/mol. The number of nitrogens with one attached hydrogen (secondary N) is 1. The molecule has 0 fully saturated rings. The third-order valence-electron chi connectivity index (χ3n) is 4.31. The van der Waals surface area contributed by atoms with Crippen molar-refractivity contribution in [3.8, 4) is 5.75 Å². The van der Waals surface area contributed by atoms with Crippen LogP contribution in [0.15, 0.2) is 77.3 Å². The van der Waals surface area contributed by atoms with Gasteiger partial charge >= 0.3 is 0 Å². The fraction of sp³-hybridized carbons (Fsp3) is 0.0952. The summed E-state index contributed by atoms with van der Waals surface area (Å²) < 4.78 is 6.28. The predicted octanol–water partition coefficient (Wildman–Crippen LogP) is 5.51. The second-order valence-electron chi connectivity index (χ2n) is 5.88. The van der Waals surface area contributed by atoms with Crippen LogP contribution < -0.4 is 4.74 Å². The van der Waals surface area contributed by atoms with Crippen molar-refractivity contribution >= 4 is 27.0 Å². The molecule has 0 aliphatic carbocycles. The van der Waals surface area contributed by atoms with E-state index in [1.807, 2.05) is 24.3 Å². The van der Waals surface area contributed by atoms with Crippen molar-refractivity contribution in [2.45, 2.75) is 5.92 Å². The average molecular weight is 393 g/mol. The maximum absolute atomic E-state index is 5.36. The summed E-state index contributed by atoms with van der Waals surface area (Å²) in [6.45, 7) is 0. The van der Waals surface area contributed by atoms with E-state index in [4.69, 9.17) is 9.72 Å². The highest BCUT2D eigenvalue weighted by atomic mass is 79.9. The first-order valence-corrected chi connectivity index (χ1v) is 8.88. The molecule has 1 N–H and O–H groups in total. The quantitative estimate of drug-likeness (QED) is 0.496. The molecule has 4 heteroatoms. The number of rotatable bonds is 4. The van der Waals surface area contributed by atoms with Gasteiger partial charge in [0.05, 0.1) is 18.5 Å². The Morgan fingerprint density at radius 3 is 2.08 bits per heavy atom. The summed E-state index contributed by atoms with van der Waals surface area (Å²) in [4.78, 5) is 8.37. The highest BCUT2D eigenvalue weighted by Crippen LogP contribution is 2.34. The molecular formula is C21H17BrN2O. The van der Waals surface area contributed by atoms with E-state index in [0.29, 0.717) is 0 Å². The third kappa shape index (κ3) is 3.05. The van der Waals surface area contributed by atoms with E-state index in [1.54, 1.807) is 7.11 Å². The summed E-state index contributed by atoms with van der Waals surface area (Å²) in [7, 11) is 1.67. The van der Waals surface area contributed by atoms with Crippen LogP contribution in [0.4, 0.5) is 0 Å². The van der Waals surface area contributed by atoms with Crippen LogP contribution in [0.1, 0.15) is 22.9 Å². The molecule has 0 saturated heterocycles. The number of fused-ring (bicyclic) bond motifs is 1. The van der Waals surface area contributed by atoms with Crippen molar-refractivity contribution < 1.29 is 4.74 Å². The lowest BCUT2D eigenvalue weighted by atomic mass is 9.91. The lowest BCUT2D eigenvalue weighted by molar-refractivity contribution is 0.415. The molecule has 0 spiro atoms. The minimum atomic E-state index is 0.0488. The number of ether oxygens (including phenoxy) is 1. The Morgan fingerprint density at radius 1 is 0.920 bits per heavy atom. The van der Waals surface area contributed by atoms with Crippen molar-refractivity contribution in [2.75, 3.05) is 7.11 Å². The number of aromatic nitrogens is 2. The fourth-order valence-electron chi connectivity index (χ4n) is 3.12. The molecule has 3 aromatic carbocycles. The Balaban J connectivity index is 1.91. The molecule has 0 radical (unpaired) electrons. The van der Waals surface area contributed by atoms with E-state index in [2.05, 4.69) is 69.4 Å². The lowest BCUT2D eigenvalue weighted by Crippen LogP contribution is -2.05. The summed E-state index contributed by atoms with van der Waals surface area (Å²) in [6.07, 6.45) is 0. The van der Waals surface area contributed by atoms with Gasteiger partial charge < -0.3 is 9.72 Å². The minimum Gasteiger partial charge on any atom is -0.497 e. The van der Waals surface area contributed by atoms with Gasteiger partial charge in [-0.25, -0.2) is 4.98 Å². The summed E-state index contributed by atoms with van der Waals surface area (Å²) >= 11 is 3.60. The largest absolute Gasteiger partial charge is 0.497 e. The number of methoxy groups -OCH3 is 1. The van der Waals surface area contributed by atoms with E-state index in [9.17, 15) is 0 Å². The van der Waals surface area contributed by atoms with Crippen LogP contribution in [0.5, 0.6) is 5.75 Å². The van der Waals surface area contributed by atoms with Crippen molar-refractivity contribution in [1.29, 1.82) is 0 Å². The van der Waals surface area contributed by atoms with Gasteiger partial charge in [-0.1, -0.05) is 60.7 Å². The molecule has 4 rings (SSSR count). The van der Waals surface area contributed by atoms with Crippen LogP contribution in [-0.4, -0.2) is 17.1 Å². The van der Waals surface area contributed by atoms with Gasteiger partial charge in [0, 0.05) is 10.5 Å². The topological polar surface area (TPSA) is 37.9 Å². The number of H-pyrrole nitrogens is 1. The minimum absolute atomic E-state index is 0.0488. The molecule has 1 heterocycles. The lowest BCUT2D eigenvalue weighted by Gasteiger charge is -2.15. The van der Waals surface area contributed by atoms with E-state index < -0.39 is 0 Å². The number of aromatic amines is 1.